The predicted molar refractivity (Wildman–Crippen MR) is 238 cm³/mol. The Bertz CT molecular complexity index is 1930. The highest BCUT2D eigenvalue weighted by molar-refractivity contribution is 6.76. The van der Waals surface area contributed by atoms with Crippen molar-refractivity contribution in [1.82, 2.24) is 24.5 Å². The molecule has 2 unspecified atom stereocenters. The molecule has 1 aromatic carbocycles. The van der Waals surface area contributed by atoms with Gasteiger partial charge in [-0.3, -0.25) is 4.98 Å². The van der Waals surface area contributed by atoms with Gasteiger partial charge in [0, 0.05) is 76.3 Å². The van der Waals surface area contributed by atoms with Gasteiger partial charge in [-0.15, -0.1) is 0 Å². The summed E-state index contributed by atoms with van der Waals surface area (Å²) in [7, 11) is -2.60. The van der Waals surface area contributed by atoms with Gasteiger partial charge < -0.3 is 24.0 Å². The zero-order valence-electron chi connectivity index (χ0n) is 36.6. The molecule has 0 spiro atoms. The molecule has 0 bridgehead atoms. The molecule has 3 heterocycles. The number of carbonyl (C=O) groups excluding carboxylic acids is 1. The lowest BCUT2D eigenvalue weighted by Gasteiger charge is -2.31. The number of benzene rings is 1. The highest BCUT2D eigenvalue weighted by Gasteiger charge is 2.43. The number of aromatic nitrogens is 4. The molecule has 6 rings (SSSR count). The molecule has 2 aliphatic rings. The number of anilines is 1. The van der Waals surface area contributed by atoms with E-state index in [9.17, 15) is 4.79 Å². The molecule has 4 aromatic rings. The Balaban J connectivity index is 1.46. The van der Waals surface area contributed by atoms with Crippen LogP contribution in [0.25, 0.3) is 28.0 Å². The second-order valence-electron chi connectivity index (χ2n) is 19.8. The molecule has 0 aliphatic heterocycles. The van der Waals surface area contributed by atoms with E-state index in [0.717, 1.165) is 77.3 Å². The maximum Gasteiger partial charge on any atom is 0.410 e. The van der Waals surface area contributed by atoms with E-state index in [0.29, 0.717) is 45.1 Å². The fourth-order valence-corrected chi connectivity index (χ4v) is 9.38. The highest BCUT2D eigenvalue weighted by Crippen LogP contribution is 2.52. The number of hydrogen-bond acceptors (Lipinski definition) is 8. The summed E-state index contributed by atoms with van der Waals surface area (Å²) in [5.74, 6) is 1.85. The van der Waals surface area contributed by atoms with Crippen LogP contribution in [0.5, 0.6) is 0 Å². The number of hydrogen-bond donors (Lipinski definition) is 0. The van der Waals surface area contributed by atoms with Crippen molar-refractivity contribution < 1.29 is 19.0 Å². The number of nitrogens with zero attached hydrogens (tertiary/aromatic N) is 6. The predicted octanol–water partition coefficient (Wildman–Crippen LogP) is 10.9. The normalized spacial score (nSPS) is 19.0. The second kappa shape index (κ2) is 17.7. The van der Waals surface area contributed by atoms with Gasteiger partial charge in [-0.1, -0.05) is 82.6 Å². The summed E-state index contributed by atoms with van der Waals surface area (Å²) in [4.78, 5) is 28.3. The molecule has 2 aliphatic carbocycles. The van der Waals surface area contributed by atoms with E-state index in [1.54, 1.807) is 0 Å². The number of rotatable bonds is 17. The molecule has 1 amide bonds. The van der Waals surface area contributed by atoms with Crippen LogP contribution in [0.1, 0.15) is 83.4 Å². The van der Waals surface area contributed by atoms with E-state index in [-0.39, 0.29) is 18.1 Å². The maximum absolute atomic E-state index is 13.5. The average molecular weight is 813 g/mol. The van der Waals surface area contributed by atoms with Crippen LogP contribution in [0.3, 0.4) is 0 Å². The Morgan fingerprint density at radius 1 is 0.877 bits per heavy atom. The fourth-order valence-electron chi connectivity index (χ4n) is 7.87. The van der Waals surface area contributed by atoms with Gasteiger partial charge in [0.2, 0.25) is 0 Å². The van der Waals surface area contributed by atoms with Crippen LogP contribution in [0, 0.1) is 5.92 Å². The van der Waals surface area contributed by atoms with Gasteiger partial charge in [-0.2, -0.15) is 9.61 Å². The Hall–Kier alpha value is -3.59. The van der Waals surface area contributed by atoms with Gasteiger partial charge in [-0.25, -0.2) is 9.78 Å². The maximum atomic E-state index is 13.5. The van der Waals surface area contributed by atoms with Gasteiger partial charge in [0.1, 0.15) is 24.9 Å². The summed E-state index contributed by atoms with van der Waals surface area (Å²) < 4.78 is 21.1. The first-order valence-corrected chi connectivity index (χ1v) is 28.7. The third kappa shape index (κ3) is 11.1. The molecular weight excluding hydrogens is 745 g/mol. The Morgan fingerprint density at radius 3 is 2.07 bits per heavy atom. The van der Waals surface area contributed by atoms with Crippen molar-refractivity contribution in [3.63, 3.8) is 0 Å². The van der Waals surface area contributed by atoms with Gasteiger partial charge >= 0.3 is 6.09 Å². The lowest BCUT2D eigenvalue weighted by molar-refractivity contribution is 0.0174. The third-order valence-electron chi connectivity index (χ3n) is 11.2. The van der Waals surface area contributed by atoms with Crippen molar-refractivity contribution in [2.75, 3.05) is 38.1 Å². The number of pyridine rings is 1. The van der Waals surface area contributed by atoms with Gasteiger partial charge in [0.25, 0.3) is 0 Å². The SMILES string of the molecule is CCN(C(=O)OC(C)(C)C)C1CC(C)[C@@H](c2nc3c(-c4ccc(-c5ccccc5)nc4)cnn3c(N(COCC[Si](C)(C)C)COCC[Si](C)(C)C)c2C2CC2)C1. The van der Waals surface area contributed by atoms with Crippen molar-refractivity contribution in [2.24, 2.45) is 5.92 Å². The summed E-state index contributed by atoms with van der Waals surface area (Å²) in [5.41, 5.74) is 6.55. The van der Waals surface area contributed by atoms with Crippen LogP contribution >= 0.6 is 0 Å². The Kier molecular flexibility index (Phi) is 13.4. The number of fused-ring (bicyclic) bond motifs is 1. The van der Waals surface area contributed by atoms with Crippen LogP contribution in [0.4, 0.5) is 10.6 Å². The van der Waals surface area contributed by atoms with Crippen molar-refractivity contribution in [2.45, 2.75) is 135 Å². The molecular formula is C45H68N6O4Si2. The first kappa shape index (κ1) is 43.0. The molecule has 0 radical (unpaired) electrons. The molecule has 0 saturated heterocycles. The second-order valence-corrected chi connectivity index (χ2v) is 31.1. The minimum Gasteiger partial charge on any atom is -0.444 e. The monoisotopic (exact) mass is 812 g/mol. The number of amides is 1. The molecule has 12 heteroatoms. The standard InChI is InChI=1S/C45H68N6O4Si2/c1-12-50(44(52)55-45(3,4)5)36-26-32(2)37(27-36)41-40(34-18-19-34)43(49(30-53-22-24-56(6,7)8)31-54-23-25-57(9,10)11)51-42(48-41)38(29-47-51)35-20-21-39(46-28-35)33-16-14-13-15-17-33/h13-17,20-21,28-29,32,34,36-37H,12,18-19,22-27,30-31H2,1-11H3/t32?,36?,37-/m0/s1. The van der Waals surface area contributed by atoms with E-state index in [2.05, 4.69) is 86.8 Å². The molecule has 3 atom stereocenters. The third-order valence-corrected chi connectivity index (χ3v) is 14.6. The van der Waals surface area contributed by atoms with Crippen molar-refractivity contribution >= 4 is 33.7 Å². The van der Waals surface area contributed by atoms with Crippen LogP contribution in [-0.4, -0.2) is 91.6 Å². The molecule has 3 aromatic heterocycles. The van der Waals surface area contributed by atoms with Crippen molar-refractivity contribution in [1.29, 1.82) is 0 Å². The quantitative estimate of drug-likeness (QED) is 0.0591. The Labute approximate surface area is 343 Å². The Morgan fingerprint density at radius 2 is 1.53 bits per heavy atom. The zero-order chi connectivity index (χ0) is 41.1. The van der Waals surface area contributed by atoms with Crippen LogP contribution in [0.15, 0.2) is 54.9 Å². The van der Waals surface area contributed by atoms with Crippen LogP contribution < -0.4 is 4.90 Å². The molecule has 0 N–H and O–H groups in total. The van der Waals surface area contributed by atoms with Crippen LogP contribution in [-0.2, 0) is 14.2 Å². The molecule has 57 heavy (non-hydrogen) atoms. The van der Waals surface area contributed by atoms with Crippen molar-refractivity contribution in [3.8, 4) is 22.4 Å². The number of ether oxygens (including phenoxy) is 3. The summed E-state index contributed by atoms with van der Waals surface area (Å²) in [5, 5.41) is 5.12. The summed E-state index contributed by atoms with van der Waals surface area (Å²) in [6.07, 6.45) is 7.59. The fraction of sp³-hybridized carbons (Fsp3) is 0.600. The average Bonchev–Trinajstić information content (AvgIpc) is 3.78. The summed E-state index contributed by atoms with van der Waals surface area (Å²) in [6, 6.07) is 16.7. The summed E-state index contributed by atoms with van der Waals surface area (Å²) >= 11 is 0. The molecule has 2 fully saturated rings. The van der Waals surface area contributed by atoms with E-state index in [1.165, 1.54) is 5.56 Å². The number of carbonyl (C=O) groups is 1. The summed E-state index contributed by atoms with van der Waals surface area (Å²) in [6.45, 7) is 27.4. The van der Waals surface area contributed by atoms with E-state index in [4.69, 9.17) is 29.3 Å². The first-order chi connectivity index (χ1) is 26.9. The minimum atomic E-state index is -1.30. The van der Waals surface area contributed by atoms with E-state index in [1.807, 2.05) is 56.3 Å². The molecule has 10 nitrogen and oxygen atoms in total. The van der Waals surface area contributed by atoms with E-state index < -0.39 is 21.7 Å². The van der Waals surface area contributed by atoms with Gasteiger partial charge in [0.05, 0.1) is 17.6 Å². The lowest BCUT2D eigenvalue weighted by atomic mass is 9.89. The highest BCUT2D eigenvalue weighted by atomic mass is 28.3. The molecule has 310 valence electrons. The van der Waals surface area contributed by atoms with Crippen LogP contribution in [0.2, 0.25) is 51.4 Å². The smallest absolute Gasteiger partial charge is 0.410 e. The van der Waals surface area contributed by atoms with Gasteiger partial charge in [0.15, 0.2) is 5.65 Å². The van der Waals surface area contributed by atoms with Gasteiger partial charge in [-0.05, 0) is 83.4 Å². The van der Waals surface area contributed by atoms with Crippen molar-refractivity contribution in [3.05, 3.63) is 66.1 Å². The largest absolute Gasteiger partial charge is 0.444 e. The van der Waals surface area contributed by atoms with E-state index >= 15 is 0 Å². The minimum absolute atomic E-state index is 0.0587. The topological polar surface area (TPSA) is 94.3 Å². The lowest BCUT2D eigenvalue weighted by Crippen LogP contribution is -2.42. The zero-order valence-corrected chi connectivity index (χ0v) is 38.6. The molecule has 2 saturated carbocycles. The first-order valence-electron chi connectivity index (χ1n) is 21.3.